The fourth-order valence-corrected chi connectivity index (χ4v) is 9.86. The third-order valence-corrected chi connectivity index (χ3v) is 12.9. The van der Waals surface area contributed by atoms with Gasteiger partial charge in [-0.3, -0.25) is 24.1 Å². The van der Waals surface area contributed by atoms with Crippen molar-refractivity contribution in [2.45, 2.75) is 35.4 Å². The Morgan fingerprint density at radius 2 is 1.52 bits per heavy atom. The number of aromatic hydroxyl groups is 1. The largest absolute Gasteiger partial charge is 0.504 e. The van der Waals surface area contributed by atoms with Gasteiger partial charge in [0.05, 0.1) is 24.1 Å². The Kier molecular flexibility index (Phi) is 8.54. The molecule has 3 heterocycles. The normalized spacial score (nSPS) is 26.6. The Hall–Kier alpha value is -5.80. The molecule has 58 heavy (non-hydrogen) atoms. The third-order valence-electron chi connectivity index (χ3n) is 11.5. The number of alkyl halides is 2. The van der Waals surface area contributed by atoms with Crippen molar-refractivity contribution in [1.29, 1.82) is 0 Å². The second-order valence-electron chi connectivity index (χ2n) is 14.4. The van der Waals surface area contributed by atoms with Crippen molar-refractivity contribution < 1.29 is 55.4 Å². The second kappa shape index (κ2) is 13.1. The van der Waals surface area contributed by atoms with E-state index in [0.717, 1.165) is 4.90 Å². The van der Waals surface area contributed by atoms with Crippen molar-refractivity contribution in [1.82, 2.24) is 4.98 Å². The van der Waals surface area contributed by atoms with E-state index in [1.165, 1.54) is 30.3 Å². The van der Waals surface area contributed by atoms with E-state index in [1.807, 2.05) is 6.07 Å². The van der Waals surface area contributed by atoms with E-state index < -0.39 is 98.2 Å². The van der Waals surface area contributed by atoms with E-state index in [0.29, 0.717) is 22.6 Å². The van der Waals surface area contributed by atoms with Crippen molar-refractivity contribution in [3.63, 3.8) is 0 Å². The lowest BCUT2D eigenvalue weighted by Crippen LogP contribution is -2.60. The molecule has 17 heteroatoms. The predicted molar refractivity (Wildman–Crippen MR) is 198 cm³/mol. The van der Waals surface area contributed by atoms with Crippen LogP contribution in [0.2, 0.25) is 0 Å². The molecule has 0 radical (unpaired) electrons. The minimum atomic E-state index is -2.73. The van der Waals surface area contributed by atoms with Crippen molar-refractivity contribution in [3.8, 4) is 23.0 Å². The number of carbonyl (C=O) groups is 4. The highest BCUT2D eigenvalue weighted by molar-refractivity contribution is 6.58. The Morgan fingerprint density at radius 3 is 2.19 bits per heavy atom. The van der Waals surface area contributed by atoms with Crippen LogP contribution in [0.5, 0.6) is 11.5 Å². The zero-order valence-electron chi connectivity index (χ0n) is 29.7. The number of rotatable bonds is 6. The molecule has 6 atom stereocenters. The molecule has 4 aromatic carbocycles. The summed E-state index contributed by atoms with van der Waals surface area (Å²) in [7, 11) is 0. The molecule has 2 aliphatic heterocycles. The van der Waals surface area contributed by atoms with E-state index in [9.17, 15) is 37.5 Å². The number of carbonyl (C=O) groups excluding carboxylic acids is 4. The molecule has 0 bridgehead atoms. The van der Waals surface area contributed by atoms with Gasteiger partial charge in [0.2, 0.25) is 23.5 Å². The summed E-state index contributed by atoms with van der Waals surface area (Å²) in [5, 5.41) is 10.5. The van der Waals surface area contributed by atoms with E-state index in [2.05, 4.69) is 4.98 Å². The van der Waals surface area contributed by atoms with E-state index in [4.69, 9.17) is 32.4 Å². The quantitative estimate of drug-likeness (QED) is 0.0454. The number of allylic oxidation sites excluding steroid dienone is 2. The predicted octanol–water partition coefficient (Wildman–Crippen LogP) is 8.06. The first-order chi connectivity index (χ1) is 27.6. The van der Waals surface area contributed by atoms with Crippen molar-refractivity contribution in [3.05, 3.63) is 113 Å². The molecule has 0 unspecified atom stereocenters. The number of hydrogen-bond donors (Lipinski definition) is 1. The van der Waals surface area contributed by atoms with Gasteiger partial charge in [-0.25, -0.2) is 31.8 Å². The average molecular weight is 839 g/mol. The number of phenols is 1. The molecule has 296 valence electrons. The molecule has 4 amide bonds. The number of amides is 4. The molecule has 5 aromatic rings. The van der Waals surface area contributed by atoms with Crippen LogP contribution in [0.1, 0.15) is 31.2 Å². The number of para-hydroxylation sites is 2. The lowest BCUT2D eigenvalue weighted by atomic mass is 9.56. The Morgan fingerprint density at radius 1 is 0.845 bits per heavy atom. The summed E-state index contributed by atoms with van der Waals surface area (Å²) in [6, 6.07) is 17.3. The number of nitrogens with zero attached hydrogens (tertiary/aromatic N) is 3. The van der Waals surface area contributed by atoms with E-state index in [-0.39, 0.29) is 46.3 Å². The van der Waals surface area contributed by atoms with Crippen molar-refractivity contribution in [2.24, 2.45) is 17.8 Å². The van der Waals surface area contributed by atoms with Crippen LogP contribution in [0.15, 0.2) is 82.8 Å². The topological polar surface area (TPSA) is 130 Å². The number of imide groups is 2. The molecule has 10 nitrogen and oxygen atoms in total. The molecule has 3 fully saturated rings. The summed E-state index contributed by atoms with van der Waals surface area (Å²) in [5.41, 5.74) is 0.393. The zero-order chi connectivity index (χ0) is 41.2. The number of oxazole rings is 1. The minimum absolute atomic E-state index is 0.0583. The Labute approximate surface area is 334 Å². The fraction of sp³-hybridized carbons (Fsp3) is 0.244. The van der Waals surface area contributed by atoms with Gasteiger partial charge in [0.15, 0.2) is 50.1 Å². The van der Waals surface area contributed by atoms with Gasteiger partial charge >= 0.3 is 0 Å². The SMILES string of the molecule is CCOc1cc([C@H]2C3=CC[C@@H]4C(=O)N(c5ccc(-c6nc7ccccc7o6)cc5)C(=O)[C@@H]4[C@@H]3C[C@@]3(Cl)C(=O)N(c4c(F)c(F)c(F)c(F)c4F)C(=O)[C@@]23Cl)ccc1O. The van der Waals surface area contributed by atoms with E-state index in [1.54, 1.807) is 43.3 Å². The fourth-order valence-electron chi connectivity index (χ4n) is 8.93. The molecule has 0 spiro atoms. The van der Waals surface area contributed by atoms with Gasteiger partial charge in [-0.05, 0) is 79.8 Å². The summed E-state index contributed by atoms with van der Waals surface area (Å²) in [5.74, 6) is -21.8. The molecule has 1 aromatic heterocycles. The van der Waals surface area contributed by atoms with Gasteiger partial charge in [-0.2, -0.15) is 0 Å². The first-order valence-electron chi connectivity index (χ1n) is 17.9. The van der Waals surface area contributed by atoms with Gasteiger partial charge in [0, 0.05) is 11.5 Å². The van der Waals surface area contributed by atoms with E-state index >= 15 is 8.78 Å². The van der Waals surface area contributed by atoms with Crippen LogP contribution in [0.25, 0.3) is 22.6 Å². The van der Waals surface area contributed by atoms with Gasteiger partial charge in [-0.1, -0.05) is 29.8 Å². The van der Waals surface area contributed by atoms with Crippen LogP contribution in [0, 0.1) is 46.8 Å². The van der Waals surface area contributed by atoms with Crippen molar-refractivity contribution >= 4 is 69.3 Å². The minimum Gasteiger partial charge on any atom is -0.504 e. The van der Waals surface area contributed by atoms with Gasteiger partial charge < -0.3 is 14.3 Å². The first-order valence-corrected chi connectivity index (χ1v) is 18.7. The van der Waals surface area contributed by atoms with Crippen LogP contribution >= 0.6 is 23.2 Å². The van der Waals surface area contributed by atoms with Crippen LogP contribution < -0.4 is 14.5 Å². The van der Waals surface area contributed by atoms with Gasteiger partial charge in [0.1, 0.15) is 11.2 Å². The summed E-state index contributed by atoms with van der Waals surface area (Å²) >= 11 is 14.4. The highest BCUT2D eigenvalue weighted by Crippen LogP contribution is 2.66. The highest BCUT2D eigenvalue weighted by atomic mass is 35.5. The maximum atomic E-state index is 15.4. The molecule has 4 aliphatic rings. The average Bonchev–Trinajstić information content (AvgIpc) is 3.81. The Balaban J connectivity index is 1.15. The van der Waals surface area contributed by atoms with Crippen molar-refractivity contribution in [2.75, 3.05) is 16.4 Å². The second-order valence-corrected chi connectivity index (χ2v) is 15.6. The number of fused-ring (bicyclic) bond motifs is 5. The molecule has 2 saturated heterocycles. The smallest absolute Gasteiger partial charge is 0.258 e. The monoisotopic (exact) mass is 837 g/mol. The summed E-state index contributed by atoms with van der Waals surface area (Å²) in [4.78, 5) is 57.5. The summed E-state index contributed by atoms with van der Waals surface area (Å²) in [6.45, 7) is 1.69. The summed E-state index contributed by atoms with van der Waals surface area (Å²) < 4.78 is 85.4. The highest BCUT2D eigenvalue weighted by Gasteiger charge is 2.77. The summed E-state index contributed by atoms with van der Waals surface area (Å²) in [6.07, 6.45) is 0.850. The maximum Gasteiger partial charge on any atom is 0.258 e. The lowest BCUT2D eigenvalue weighted by molar-refractivity contribution is -0.125. The number of halogens is 7. The van der Waals surface area contributed by atoms with Crippen LogP contribution in [-0.4, -0.2) is 50.1 Å². The number of anilines is 2. The third kappa shape index (κ3) is 4.98. The zero-order valence-corrected chi connectivity index (χ0v) is 31.3. The molecule has 1 saturated carbocycles. The number of benzene rings is 4. The first kappa shape index (κ1) is 37.8. The molecule has 2 aliphatic carbocycles. The number of hydrogen-bond acceptors (Lipinski definition) is 8. The van der Waals surface area contributed by atoms with Crippen LogP contribution in [0.4, 0.5) is 33.3 Å². The standard InChI is InChI=1S/C41H26Cl2F5N3O7/c1-2-57-26-15-18(9-14-24(26)52)28-20-12-13-21-27(37(54)50(36(21)53)19-10-7-17(8-11-19)35-49-23-5-3-4-6-25(23)58-35)22(20)16-40(42)38(55)51(39(56)41(28,40)43)34-32(47)30(45)29(44)31(46)33(34)48/h3-12,14-15,21-22,27-28,52H,2,13,16H2,1H3/t21-,22+,27-,28-,40+,41-/m0/s1. The molecule has 9 rings (SSSR count). The molecular formula is C41H26Cl2F5N3O7. The number of aromatic nitrogens is 1. The lowest BCUT2D eigenvalue weighted by Gasteiger charge is -2.50. The van der Waals surface area contributed by atoms with Crippen LogP contribution in [0.3, 0.4) is 0 Å². The van der Waals surface area contributed by atoms with Gasteiger partial charge in [-0.15, -0.1) is 23.2 Å². The maximum absolute atomic E-state index is 15.4. The van der Waals surface area contributed by atoms with Gasteiger partial charge in [0.25, 0.3) is 11.8 Å². The molecule has 1 N–H and O–H groups in total. The Bertz CT molecular complexity index is 2630. The number of phenolic OH excluding ortho intramolecular Hbond substituents is 1. The van der Waals surface area contributed by atoms with Crippen LogP contribution in [-0.2, 0) is 19.2 Å². The molecular weight excluding hydrogens is 812 g/mol. The number of ether oxygens (including phenoxy) is 1.